The molecule has 1 unspecified atom stereocenters. The van der Waals surface area contributed by atoms with Gasteiger partial charge < -0.3 is 14.5 Å². The average Bonchev–Trinajstić information content (AvgIpc) is 3.37. The van der Waals surface area contributed by atoms with Crippen molar-refractivity contribution in [2.45, 2.75) is 58.3 Å². The predicted octanol–water partition coefficient (Wildman–Crippen LogP) is 7.21. The fourth-order valence-electron chi connectivity index (χ4n) is 4.54. The molecule has 1 amide bonds. The first kappa shape index (κ1) is 26.9. The molecule has 0 N–H and O–H groups in total. The molecule has 1 heterocycles. The van der Waals surface area contributed by atoms with Gasteiger partial charge in [0, 0.05) is 37.5 Å². The van der Waals surface area contributed by atoms with Gasteiger partial charge in [-0.2, -0.15) is 0 Å². The maximum absolute atomic E-state index is 12.6. The van der Waals surface area contributed by atoms with Crippen LogP contribution in [0.25, 0.3) is 6.08 Å². The number of nitro groups is 1. The summed E-state index contributed by atoms with van der Waals surface area (Å²) in [4.78, 5) is 27.3. The molecule has 4 rings (SSSR count). The van der Waals surface area contributed by atoms with E-state index in [1.165, 1.54) is 0 Å². The molecular weight excluding hydrogens is 478 g/mol. The van der Waals surface area contributed by atoms with Crippen LogP contribution in [0.3, 0.4) is 0 Å². The van der Waals surface area contributed by atoms with Gasteiger partial charge in [-0.25, -0.2) is 4.79 Å². The van der Waals surface area contributed by atoms with Crippen molar-refractivity contribution in [3.05, 3.63) is 112 Å². The summed E-state index contributed by atoms with van der Waals surface area (Å²) in [6.07, 6.45) is 5.81. The van der Waals surface area contributed by atoms with E-state index in [1.54, 1.807) is 12.1 Å². The maximum Gasteiger partial charge on any atom is 0.410 e. The standard InChI is InChI=1S/C31H35N3O4/c1-31(2,3)38-30(35)33-21-7-10-28(33)18-15-24-11-13-25(14-12-24)22-32(27-8-5-4-6-9-27)23-26-16-19-29(20-17-26)34(36)37/h4-6,8-9,11-20,28H,7,10,21-23H2,1-3H3/b18-15+. The number of benzene rings is 3. The highest BCUT2D eigenvalue weighted by Gasteiger charge is 2.30. The van der Waals surface area contributed by atoms with Crippen LogP contribution in [0.4, 0.5) is 16.2 Å². The van der Waals surface area contributed by atoms with E-state index in [0.717, 1.165) is 35.2 Å². The second-order valence-electron chi connectivity index (χ2n) is 10.6. The van der Waals surface area contributed by atoms with E-state index in [2.05, 4.69) is 53.5 Å². The molecule has 1 saturated heterocycles. The molecule has 0 radical (unpaired) electrons. The van der Waals surface area contributed by atoms with E-state index in [9.17, 15) is 14.9 Å². The number of nitrogens with zero attached hydrogens (tertiary/aromatic N) is 3. The zero-order valence-electron chi connectivity index (χ0n) is 22.2. The summed E-state index contributed by atoms with van der Waals surface area (Å²) in [5, 5.41) is 11.0. The molecule has 1 aliphatic rings. The molecule has 0 bridgehead atoms. The first-order valence-corrected chi connectivity index (χ1v) is 13.0. The van der Waals surface area contributed by atoms with Crippen molar-refractivity contribution in [3.8, 4) is 0 Å². The van der Waals surface area contributed by atoms with Gasteiger partial charge in [0.2, 0.25) is 0 Å². The Morgan fingerprint density at radius 2 is 1.61 bits per heavy atom. The Labute approximate surface area is 224 Å². The van der Waals surface area contributed by atoms with E-state index < -0.39 is 5.60 Å². The third-order valence-corrected chi connectivity index (χ3v) is 6.43. The number of rotatable bonds is 8. The van der Waals surface area contributed by atoms with Crippen molar-refractivity contribution < 1.29 is 14.5 Å². The SMILES string of the molecule is CC(C)(C)OC(=O)N1CCCC1/C=C/c1ccc(CN(Cc2ccc([N+](=O)[O-])cc2)c2ccccc2)cc1. The minimum Gasteiger partial charge on any atom is -0.444 e. The number of amides is 1. The van der Waals surface area contributed by atoms with Gasteiger partial charge in [0.15, 0.2) is 0 Å². The highest BCUT2D eigenvalue weighted by Crippen LogP contribution is 2.24. The maximum atomic E-state index is 12.6. The predicted molar refractivity (Wildman–Crippen MR) is 151 cm³/mol. The Morgan fingerprint density at radius 1 is 1.00 bits per heavy atom. The van der Waals surface area contributed by atoms with Gasteiger partial charge in [-0.05, 0) is 62.4 Å². The Morgan fingerprint density at radius 3 is 2.18 bits per heavy atom. The lowest BCUT2D eigenvalue weighted by molar-refractivity contribution is -0.384. The Balaban J connectivity index is 1.43. The number of ether oxygens (including phenoxy) is 1. The summed E-state index contributed by atoms with van der Waals surface area (Å²) in [5.74, 6) is 0. The molecule has 1 atom stereocenters. The van der Waals surface area contributed by atoms with Crippen LogP contribution in [0, 0.1) is 10.1 Å². The molecule has 3 aromatic carbocycles. The summed E-state index contributed by atoms with van der Waals surface area (Å²) >= 11 is 0. The second kappa shape index (κ2) is 11.9. The van der Waals surface area contributed by atoms with Gasteiger partial charge >= 0.3 is 6.09 Å². The van der Waals surface area contributed by atoms with E-state index in [4.69, 9.17) is 4.74 Å². The fraction of sp³-hybridized carbons (Fsp3) is 0.323. The monoisotopic (exact) mass is 513 g/mol. The lowest BCUT2D eigenvalue weighted by Gasteiger charge is -2.27. The van der Waals surface area contributed by atoms with Crippen molar-refractivity contribution in [3.63, 3.8) is 0 Å². The van der Waals surface area contributed by atoms with E-state index in [-0.39, 0.29) is 22.7 Å². The number of carbonyl (C=O) groups excluding carboxylic acids is 1. The van der Waals surface area contributed by atoms with E-state index >= 15 is 0 Å². The topological polar surface area (TPSA) is 75.9 Å². The molecule has 7 heteroatoms. The van der Waals surface area contributed by atoms with Gasteiger partial charge in [-0.3, -0.25) is 10.1 Å². The smallest absolute Gasteiger partial charge is 0.410 e. The van der Waals surface area contributed by atoms with E-state index in [0.29, 0.717) is 19.6 Å². The number of non-ortho nitro benzene ring substituents is 1. The number of carbonyl (C=O) groups is 1. The van der Waals surface area contributed by atoms with Crippen LogP contribution < -0.4 is 4.90 Å². The van der Waals surface area contributed by atoms with Crippen LogP contribution in [0.2, 0.25) is 0 Å². The fourth-order valence-corrected chi connectivity index (χ4v) is 4.54. The molecule has 0 saturated carbocycles. The first-order valence-electron chi connectivity index (χ1n) is 13.0. The molecule has 1 aliphatic heterocycles. The van der Waals surface area contributed by atoms with Crippen LogP contribution >= 0.6 is 0 Å². The zero-order chi connectivity index (χ0) is 27.1. The van der Waals surface area contributed by atoms with Crippen molar-refractivity contribution in [1.29, 1.82) is 0 Å². The number of likely N-dealkylation sites (tertiary alicyclic amines) is 1. The number of anilines is 1. The average molecular weight is 514 g/mol. The second-order valence-corrected chi connectivity index (χ2v) is 10.6. The van der Waals surface area contributed by atoms with Gasteiger partial charge in [0.05, 0.1) is 11.0 Å². The number of hydrogen-bond donors (Lipinski definition) is 0. The van der Waals surface area contributed by atoms with Crippen LogP contribution in [0.5, 0.6) is 0 Å². The number of para-hydroxylation sites is 1. The molecule has 1 fully saturated rings. The normalized spacial score (nSPS) is 15.6. The third kappa shape index (κ3) is 7.44. The van der Waals surface area contributed by atoms with Gasteiger partial charge in [-0.1, -0.05) is 66.7 Å². The molecule has 0 aromatic heterocycles. The third-order valence-electron chi connectivity index (χ3n) is 6.43. The van der Waals surface area contributed by atoms with Crippen LogP contribution in [0.15, 0.2) is 84.9 Å². The highest BCUT2D eigenvalue weighted by atomic mass is 16.6. The molecule has 3 aromatic rings. The minimum absolute atomic E-state index is 0.0415. The lowest BCUT2D eigenvalue weighted by atomic mass is 10.1. The van der Waals surface area contributed by atoms with Crippen LogP contribution in [-0.2, 0) is 17.8 Å². The lowest BCUT2D eigenvalue weighted by Crippen LogP contribution is -2.39. The Bertz CT molecular complexity index is 1250. The summed E-state index contributed by atoms with van der Waals surface area (Å²) in [7, 11) is 0. The largest absolute Gasteiger partial charge is 0.444 e. The summed E-state index contributed by atoms with van der Waals surface area (Å²) in [6, 6.07) is 25.3. The zero-order valence-corrected chi connectivity index (χ0v) is 22.2. The molecular formula is C31H35N3O4. The first-order chi connectivity index (χ1) is 18.2. The van der Waals surface area contributed by atoms with Gasteiger partial charge in [0.1, 0.15) is 5.60 Å². The van der Waals surface area contributed by atoms with E-state index in [1.807, 2.05) is 56.0 Å². The molecule has 198 valence electrons. The Hall–Kier alpha value is -4.13. The quantitative estimate of drug-likeness (QED) is 0.235. The number of hydrogen-bond acceptors (Lipinski definition) is 5. The number of nitro benzene ring substituents is 1. The molecule has 0 spiro atoms. The van der Waals surface area contributed by atoms with Crippen molar-refractivity contribution in [2.75, 3.05) is 11.4 Å². The summed E-state index contributed by atoms with van der Waals surface area (Å²) < 4.78 is 5.57. The van der Waals surface area contributed by atoms with Gasteiger partial charge in [0.25, 0.3) is 5.69 Å². The van der Waals surface area contributed by atoms with Crippen molar-refractivity contribution in [1.82, 2.24) is 4.90 Å². The minimum atomic E-state index is -0.504. The van der Waals surface area contributed by atoms with Crippen molar-refractivity contribution >= 4 is 23.5 Å². The van der Waals surface area contributed by atoms with Gasteiger partial charge in [-0.15, -0.1) is 0 Å². The van der Waals surface area contributed by atoms with Crippen LogP contribution in [-0.4, -0.2) is 34.1 Å². The molecule has 7 nitrogen and oxygen atoms in total. The molecule has 38 heavy (non-hydrogen) atoms. The van der Waals surface area contributed by atoms with Crippen LogP contribution in [0.1, 0.15) is 50.3 Å². The summed E-state index contributed by atoms with van der Waals surface area (Å²) in [6.45, 7) is 7.70. The van der Waals surface area contributed by atoms with Crippen molar-refractivity contribution in [2.24, 2.45) is 0 Å². The Kier molecular flexibility index (Phi) is 8.46. The summed E-state index contributed by atoms with van der Waals surface area (Å²) in [5.41, 5.74) is 3.91. The molecule has 0 aliphatic carbocycles. The highest BCUT2D eigenvalue weighted by molar-refractivity contribution is 5.69.